The molecule has 0 aromatic carbocycles. The summed E-state index contributed by atoms with van der Waals surface area (Å²) in [6, 6.07) is 0. The summed E-state index contributed by atoms with van der Waals surface area (Å²) in [7, 11) is -5.81. The van der Waals surface area contributed by atoms with Gasteiger partial charge in [-0.25, -0.2) is 4.57 Å². The van der Waals surface area contributed by atoms with Gasteiger partial charge in [-0.1, -0.05) is 322 Å². The van der Waals surface area contributed by atoms with Crippen molar-refractivity contribution in [2.24, 2.45) is 0 Å². The third kappa shape index (κ3) is 50.5. The van der Waals surface area contributed by atoms with Crippen LogP contribution in [0.3, 0.4) is 0 Å². The van der Waals surface area contributed by atoms with E-state index in [1.807, 2.05) is 0 Å². The van der Waals surface area contributed by atoms with Crippen LogP contribution in [-0.4, -0.2) is 205 Å². The van der Waals surface area contributed by atoms with E-state index in [4.69, 9.17) is 46.9 Å². The highest BCUT2D eigenvalue weighted by molar-refractivity contribution is 7.47. The summed E-state index contributed by atoms with van der Waals surface area (Å²) < 4.78 is 73.4. The SMILES string of the molecule is CCCCCC/C=C\CCCCCCCCCC(=O)OC(COC(=O)CCCCCCCCCCCCCCC)COP(=O)(O)OC1C(OC2OC(CO)C(O)C(O)C2O)C(O)C(O)C(OC(=O)CCCCCCCCC/C=C\CCCCCC)C1OC1OC(COC(=O)CCCCCCCCCCCCCCCCC)C(O)C(O)C1O. The first-order chi connectivity index (χ1) is 56.7. The molecule has 0 aromatic heterocycles. The summed E-state index contributed by atoms with van der Waals surface area (Å²) in [6.45, 7) is 5.58. The number of unbranched alkanes of at least 4 members (excludes halogenated alkanes) is 48. The Morgan fingerprint density at radius 1 is 0.333 bits per heavy atom. The molecule has 26 heteroatoms. The number of hydrogen-bond donors (Lipinski definition) is 10. The van der Waals surface area contributed by atoms with Gasteiger partial charge < -0.3 is 88.7 Å². The molecule has 18 unspecified atom stereocenters. The Labute approximate surface area is 704 Å². The predicted molar refractivity (Wildman–Crippen MR) is 453 cm³/mol. The lowest BCUT2D eigenvalue weighted by molar-refractivity contribution is -0.360. The molecule has 25 nitrogen and oxygen atoms in total. The van der Waals surface area contributed by atoms with Crippen molar-refractivity contribution >= 4 is 31.7 Å². The molecule has 3 fully saturated rings. The van der Waals surface area contributed by atoms with Gasteiger partial charge in [0.2, 0.25) is 0 Å². The zero-order chi connectivity index (χ0) is 85.4. The third-order valence-electron chi connectivity index (χ3n) is 22.9. The lowest BCUT2D eigenvalue weighted by atomic mass is 9.84. The Balaban J connectivity index is 1.92. The van der Waals surface area contributed by atoms with E-state index < -0.39 is 162 Å². The van der Waals surface area contributed by atoms with Crippen LogP contribution in [0.15, 0.2) is 24.3 Å². The number of phosphoric acid groups is 1. The van der Waals surface area contributed by atoms with Gasteiger partial charge in [-0.15, -0.1) is 0 Å². The van der Waals surface area contributed by atoms with Gasteiger partial charge in [0.1, 0.15) is 92.6 Å². The van der Waals surface area contributed by atoms with Crippen molar-refractivity contribution in [3.8, 4) is 0 Å². The molecule has 1 aliphatic carbocycles. The van der Waals surface area contributed by atoms with E-state index in [-0.39, 0.29) is 25.7 Å². The molecule has 686 valence electrons. The number of carbonyl (C=O) groups is 4. The van der Waals surface area contributed by atoms with E-state index in [1.54, 1.807) is 0 Å². The number of aliphatic hydroxyl groups excluding tert-OH is 9. The van der Waals surface area contributed by atoms with E-state index in [0.29, 0.717) is 38.5 Å². The normalized spacial score (nSPS) is 25.1. The molecule has 10 N–H and O–H groups in total. The highest BCUT2D eigenvalue weighted by Crippen LogP contribution is 2.49. The summed E-state index contributed by atoms with van der Waals surface area (Å²) in [5.41, 5.74) is 0. The molecule has 2 aliphatic heterocycles. The van der Waals surface area contributed by atoms with E-state index in [0.717, 1.165) is 154 Å². The molecule has 0 amide bonds. The fraction of sp³-hybridized carbons (Fsp3) is 0.912. The molecular formula is C91H167O25P. The van der Waals surface area contributed by atoms with Crippen LogP contribution in [0.5, 0.6) is 0 Å². The van der Waals surface area contributed by atoms with Crippen LogP contribution in [0.25, 0.3) is 0 Å². The summed E-state index contributed by atoms with van der Waals surface area (Å²) in [5, 5.41) is 102. The Hall–Kier alpha value is -3.05. The van der Waals surface area contributed by atoms with Crippen LogP contribution in [-0.2, 0) is 70.7 Å². The maximum atomic E-state index is 14.9. The van der Waals surface area contributed by atoms with Gasteiger partial charge in [-0.2, -0.15) is 0 Å². The van der Waals surface area contributed by atoms with E-state index in [9.17, 15) is 74.6 Å². The smallest absolute Gasteiger partial charge is 0.463 e. The van der Waals surface area contributed by atoms with Gasteiger partial charge in [0.05, 0.1) is 13.2 Å². The molecule has 18 atom stereocenters. The minimum Gasteiger partial charge on any atom is -0.463 e. The summed E-state index contributed by atoms with van der Waals surface area (Å²) >= 11 is 0. The summed E-state index contributed by atoms with van der Waals surface area (Å²) in [4.78, 5) is 66.4. The molecule has 0 spiro atoms. The quantitative estimate of drug-likeness (QED) is 0.00889. The van der Waals surface area contributed by atoms with Crippen LogP contribution in [0.1, 0.15) is 400 Å². The van der Waals surface area contributed by atoms with Gasteiger partial charge in [0, 0.05) is 25.7 Å². The highest BCUT2D eigenvalue weighted by atomic mass is 31.2. The average molecular weight is 1690 g/mol. The van der Waals surface area contributed by atoms with Crippen molar-refractivity contribution in [1.29, 1.82) is 0 Å². The standard InChI is InChI=1S/C91H167O25P/c1-5-9-13-17-21-25-29-33-36-40-44-48-52-56-60-64-75(94)108-70-73-79(98)81(100)85(104)91(112-73)115-88-86(113-77(96)66-62-58-54-50-46-42-38-35-31-27-23-19-15-11-7-3)82(101)83(102)87(114-90-84(103)80(99)78(97)72(67-92)111-90)89(88)116-117(105,106)109-69-71(68-107-74(93)63-59-55-51-47-43-39-32-28-24-20-16-12-8-4)110-76(95)65-61-57-53-49-45-41-37-34-30-26-22-18-14-10-6-2/h26-27,30-31,71-73,78-92,97-104H,5-25,28-29,32-70H2,1-4H3,(H,105,106)/b30-26-,31-27-. The second-order valence-electron chi connectivity index (χ2n) is 33.5. The van der Waals surface area contributed by atoms with Crippen molar-refractivity contribution in [2.45, 2.75) is 504 Å². The Morgan fingerprint density at radius 3 is 1.03 bits per heavy atom. The fourth-order valence-corrected chi connectivity index (χ4v) is 16.4. The van der Waals surface area contributed by atoms with E-state index >= 15 is 0 Å². The second-order valence-corrected chi connectivity index (χ2v) is 34.9. The second kappa shape index (κ2) is 70.3. The molecule has 3 rings (SSSR count). The Bertz CT molecular complexity index is 2530. The Kier molecular flexibility index (Phi) is 64.9. The van der Waals surface area contributed by atoms with Crippen molar-refractivity contribution < 1.29 is 122 Å². The highest BCUT2D eigenvalue weighted by Gasteiger charge is 2.60. The van der Waals surface area contributed by atoms with Crippen LogP contribution < -0.4 is 0 Å². The maximum absolute atomic E-state index is 14.9. The molecule has 0 radical (unpaired) electrons. The minimum absolute atomic E-state index is 0.0170. The fourth-order valence-electron chi connectivity index (χ4n) is 15.4. The van der Waals surface area contributed by atoms with Crippen molar-refractivity contribution in [3.05, 3.63) is 24.3 Å². The molecule has 2 saturated heterocycles. The number of rotatable bonds is 76. The maximum Gasteiger partial charge on any atom is 0.472 e. The van der Waals surface area contributed by atoms with Crippen LogP contribution in [0, 0.1) is 0 Å². The number of phosphoric ester groups is 1. The molecule has 117 heavy (non-hydrogen) atoms. The molecule has 0 bridgehead atoms. The van der Waals surface area contributed by atoms with Gasteiger partial charge in [-0.3, -0.25) is 28.2 Å². The number of carbonyl (C=O) groups excluding carboxylic acids is 4. The lowest BCUT2D eigenvalue weighted by Gasteiger charge is -2.50. The number of ether oxygens (including phenoxy) is 8. The van der Waals surface area contributed by atoms with Crippen LogP contribution in [0.4, 0.5) is 0 Å². The lowest BCUT2D eigenvalue weighted by Crippen LogP contribution is -2.70. The topological polar surface area (TPSA) is 380 Å². The van der Waals surface area contributed by atoms with Gasteiger partial charge in [0.25, 0.3) is 0 Å². The third-order valence-corrected chi connectivity index (χ3v) is 23.9. The van der Waals surface area contributed by atoms with Crippen LogP contribution >= 0.6 is 7.82 Å². The molecule has 2 heterocycles. The first-order valence-corrected chi connectivity index (χ1v) is 48.6. The summed E-state index contributed by atoms with van der Waals surface area (Å²) in [5.74, 6) is -2.97. The zero-order valence-electron chi connectivity index (χ0n) is 73.0. The first kappa shape index (κ1) is 108. The average Bonchev–Trinajstić information content (AvgIpc) is 0.754. The molecule has 1 saturated carbocycles. The minimum atomic E-state index is -5.81. The van der Waals surface area contributed by atoms with E-state index in [2.05, 4.69) is 52.0 Å². The number of hydrogen-bond acceptors (Lipinski definition) is 24. The van der Waals surface area contributed by atoms with Crippen LogP contribution in [0.2, 0.25) is 0 Å². The summed E-state index contributed by atoms with van der Waals surface area (Å²) in [6.07, 6.45) is 30.2. The first-order valence-electron chi connectivity index (χ1n) is 47.1. The number of allylic oxidation sites excluding steroid dienone is 4. The molecule has 3 aliphatic rings. The van der Waals surface area contributed by atoms with E-state index in [1.165, 1.54) is 154 Å². The zero-order valence-corrected chi connectivity index (χ0v) is 73.9. The molecular weight excluding hydrogens is 1520 g/mol. The Morgan fingerprint density at radius 2 is 0.641 bits per heavy atom. The monoisotopic (exact) mass is 1690 g/mol. The molecule has 0 aromatic rings. The van der Waals surface area contributed by atoms with Crippen molar-refractivity contribution in [2.75, 3.05) is 26.4 Å². The largest absolute Gasteiger partial charge is 0.472 e. The van der Waals surface area contributed by atoms with Gasteiger partial charge in [-0.05, 0) is 77.0 Å². The van der Waals surface area contributed by atoms with Crippen molar-refractivity contribution in [3.63, 3.8) is 0 Å². The van der Waals surface area contributed by atoms with Gasteiger partial charge in [0.15, 0.2) is 24.8 Å². The predicted octanol–water partition coefficient (Wildman–Crippen LogP) is 17.3. The number of aliphatic hydroxyl groups is 9. The number of esters is 4. The van der Waals surface area contributed by atoms with Gasteiger partial charge >= 0.3 is 31.7 Å². The van der Waals surface area contributed by atoms with Crippen molar-refractivity contribution in [1.82, 2.24) is 0 Å².